The molecule has 2 spiro atoms. The Bertz CT molecular complexity index is 861. The lowest BCUT2D eigenvalue weighted by atomic mass is 9.42. The van der Waals surface area contributed by atoms with Gasteiger partial charge in [0.25, 0.3) is 0 Å². The van der Waals surface area contributed by atoms with Gasteiger partial charge in [-0.25, -0.2) is 0 Å². The van der Waals surface area contributed by atoms with E-state index in [9.17, 15) is 14.7 Å². The Morgan fingerprint density at radius 2 is 2.16 bits per heavy atom. The van der Waals surface area contributed by atoms with Crippen LogP contribution in [0.25, 0.3) is 0 Å². The molecule has 2 saturated heterocycles. The summed E-state index contributed by atoms with van der Waals surface area (Å²) in [6.45, 7) is 3.60. The van der Waals surface area contributed by atoms with Crippen LogP contribution < -0.4 is 0 Å². The minimum Gasteiger partial charge on any atom is -0.472 e. The van der Waals surface area contributed by atoms with Crippen LogP contribution in [0.15, 0.2) is 23.0 Å². The average Bonchev–Trinajstić information content (AvgIpc) is 3.18. The summed E-state index contributed by atoms with van der Waals surface area (Å²) in [4.78, 5) is 25.4. The summed E-state index contributed by atoms with van der Waals surface area (Å²) >= 11 is 0. The van der Waals surface area contributed by atoms with Crippen LogP contribution in [0.2, 0.25) is 0 Å². The van der Waals surface area contributed by atoms with E-state index in [1.54, 1.807) is 19.6 Å². The molecule has 4 fully saturated rings. The van der Waals surface area contributed by atoms with Gasteiger partial charge in [0.05, 0.1) is 30.7 Å². The molecule has 3 heterocycles. The minimum absolute atomic E-state index is 0.0544. The molecule has 1 aromatic heterocycles. The van der Waals surface area contributed by atoms with Crippen molar-refractivity contribution in [2.24, 2.45) is 22.7 Å². The van der Waals surface area contributed by atoms with Crippen LogP contribution in [0.4, 0.5) is 0 Å². The molecule has 0 unspecified atom stereocenters. The van der Waals surface area contributed by atoms with Crippen LogP contribution in [0, 0.1) is 22.7 Å². The van der Waals surface area contributed by atoms with Gasteiger partial charge in [0, 0.05) is 30.9 Å². The lowest BCUT2D eigenvalue weighted by Gasteiger charge is -2.61. The van der Waals surface area contributed by atoms with Crippen molar-refractivity contribution < 1.29 is 38.1 Å². The van der Waals surface area contributed by atoms with Crippen molar-refractivity contribution in [3.8, 4) is 0 Å². The van der Waals surface area contributed by atoms with E-state index in [0.717, 1.165) is 24.8 Å². The lowest BCUT2D eigenvalue weighted by Crippen LogP contribution is -2.71. The summed E-state index contributed by atoms with van der Waals surface area (Å²) < 4.78 is 29.0. The number of carbonyl (C=O) groups is 2. The third-order valence-corrected chi connectivity index (χ3v) is 8.58. The fourth-order valence-electron chi connectivity index (χ4n) is 7.04. The summed E-state index contributed by atoms with van der Waals surface area (Å²) in [6.07, 6.45) is 3.98. The molecule has 8 heteroatoms. The Labute approximate surface area is 181 Å². The number of epoxide rings is 1. The molecule has 8 atom stereocenters. The third kappa shape index (κ3) is 2.68. The highest BCUT2D eigenvalue weighted by Gasteiger charge is 2.79. The molecule has 2 aliphatic carbocycles. The summed E-state index contributed by atoms with van der Waals surface area (Å²) in [5, 5.41) is 11.4. The zero-order chi connectivity index (χ0) is 22.0. The molecule has 1 N–H and O–H groups in total. The van der Waals surface area contributed by atoms with Crippen molar-refractivity contribution in [1.82, 2.24) is 0 Å². The van der Waals surface area contributed by atoms with Crippen LogP contribution in [0.1, 0.15) is 51.2 Å². The van der Waals surface area contributed by atoms with Crippen LogP contribution >= 0.6 is 0 Å². The predicted molar refractivity (Wildman–Crippen MR) is 106 cm³/mol. The first-order valence-corrected chi connectivity index (χ1v) is 11.0. The number of methoxy groups -OCH3 is 1. The number of carbonyl (C=O) groups excluding carboxylic acids is 2. The quantitative estimate of drug-likeness (QED) is 0.569. The highest BCUT2D eigenvalue weighted by Crippen LogP contribution is 2.71. The normalized spacial score (nSPS) is 46.3. The van der Waals surface area contributed by atoms with E-state index in [1.807, 2.05) is 13.0 Å². The number of aliphatic hydroxyl groups excluding tert-OH is 1. The number of Topliss-reactive ketones (excluding diaryl/α,β-unsaturated/α-hetero) is 1. The van der Waals surface area contributed by atoms with E-state index in [4.69, 9.17) is 23.4 Å². The van der Waals surface area contributed by atoms with Gasteiger partial charge in [-0.15, -0.1) is 0 Å². The number of aliphatic hydroxyl groups is 1. The summed E-state index contributed by atoms with van der Waals surface area (Å²) in [5.41, 5.74) is -1.48. The maximum Gasteiger partial charge on any atom is 0.302 e. The van der Waals surface area contributed by atoms with E-state index < -0.39 is 40.7 Å². The third-order valence-electron chi connectivity index (χ3n) is 8.58. The van der Waals surface area contributed by atoms with Crippen molar-refractivity contribution in [3.63, 3.8) is 0 Å². The Morgan fingerprint density at radius 1 is 1.39 bits per heavy atom. The smallest absolute Gasteiger partial charge is 0.302 e. The van der Waals surface area contributed by atoms with Gasteiger partial charge in [-0.3, -0.25) is 9.59 Å². The molecule has 0 aromatic carbocycles. The molecular weight excluding hydrogens is 404 g/mol. The number of fused-ring (bicyclic) bond motifs is 3. The van der Waals surface area contributed by atoms with E-state index in [1.165, 1.54) is 6.92 Å². The molecule has 170 valence electrons. The molecule has 0 radical (unpaired) electrons. The van der Waals surface area contributed by atoms with E-state index in [-0.39, 0.29) is 24.4 Å². The molecule has 8 nitrogen and oxygen atoms in total. The van der Waals surface area contributed by atoms with E-state index >= 15 is 0 Å². The van der Waals surface area contributed by atoms with Gasteiger partial charge in [-0.1, -0.05) is 13.3 Å². The second kappa shape index (κ2) is 7.13. The number of esters is 1. The largest absolute Gasteiger partial charge is 0.472 e. The molecule has 0 amide bonds. The first-order chi connectivity index (χ1) is 14.8. The Hall–Kier alpha value is -1.74. The second-order valence-corrected chi connectivity index (χ2v) is 9.64. The Morgan fingerprint density at radius 3 is 2.77 bits per heavy atom. The zero-order valence-electron chi connectivity index (χ0n) is 18.2. The summed E-state index contributed by atoms with van der Waals surface area (Å²) in [7, 11) is 1.59. The molecule has 0 bridgehead atoms. The van der Waals surface area contributed by atoms with Crippen molar-refractivity contribution in [2.75, 3.05) is 20.3 Å². The number of hydrogen-bond donors (Lipinski definition) is 1. The van der Waals surface area contributed by atoms with Crippen molar-refractivity contribution in [2.45, 2.75) is 63.6 Å². The SMILES string of the molecule is CO[C@@H]1O[C@H](c2ccoc2)C[C@]12[C@H]1CCC[C@@]3(CO3)[C@@]1(COC(C)=O)[C@H](O)C(=O)[C@@H]2C. The molecule has 2 saturated carbocycles. The monoisotopic (exact) mass is 434 g/mol. The first kappa shape index (κ1) is 21.1. The van der Waals surface area contributed by atoms with Gasteiger partial charge < -0.3 is 28.5 Å². The summed E-state index contributed by atoms with van der Waals surface area (Å²) in [5.74, 6) is -1.38. The van der Waals surface area contributed by atoms with Crippen LogP contribution in [-0.4, -0.2) is 55.2 Å². The maximum atomic E-state index is 13.6. The number of hydrogen-bond acceptors (Lipinski definition) is 8. The number of ketones is 1. The van der Waals surface area contributed by atoms with E-state index in [2.05, 4.69) is 0 Å². The molecule has 4 aliphatic rings. The highest BCUT2D eigenvalue weighted by molar-refractivity contribution is 5.88. The first-order valence-electron chi connectivity index (χ1n) is 11.0. The maximum absolute atomic E-state index is 13.6. The van der Waals surface area contributed by atoms with Gasteiger partial charge in [0.1, 0.15) is 18.3 Å². The standard InChI is InChI=1S/C23H30O8/c1-13-18(25)19(26)23(12-29-14(2)24)17(5-4-7-21(23)11-30-21)22(13)9-16(31-20(22)27-3)15-6-8-28-10-15/h6,8,10,13,16-17,19-20,26H,4-5,7,9,11-12H2,1-3H3/t13-,16-,17+,19+,20+,21+,22-,23+/m0/s1. The van der Waals surface area contributed by atoms with Gasteiger partial charge in [0.15, 0.2) is 12.1 Å². The molecule has 31 heavy (non-hydrogen) atoms. The zero-order valence-corrected chi connectivity index (χ0v) is 18.2. The number of rotatable bonds is 4. The van der Waals surface area contributed by atoms with Crippen molar-refractivity contribution in [3.05, 3.63) is 24.2 Å². The fourth-order valence-corrected chi connectivity index (χ4v) is 7.04. The average molecular weight is 434 g/mol. The van der Waals surface area contributed by atoms with Crippen LogP contribution in [-0.2, 0) is 28.5 Å². The lowest BCUT2D eigenvalue weighted by molar-refractivity contribution is -0.255. The van der Waals surface area contributed by atoms with Gasteiger partial charge in [0.2, 0.25) is 0 Å². The molecular formula is C23H30O8. The molecule has 1 aromatic rings. The van der Waals surface area contributed by atoms with Crippen LogP contribution in [0.5, 0.6) is 0 Å². The van der Waals surface area contributed by atoms with Gasteiger partial charge >= 0.3 is 5.97 Å². The fraction of sp³-hybridized carbons (Fsp3) is 0.739. The van der Waals surface area contributed by atoms with Crippen molar-refractivity contribution in [1.29, 1.82) is 0 Å². The number of furan rings is 1. The summed E-state index contributed by atoms with van der Waals surface area (Å²) in [6, 6.07) is 1.86. The molecule has 2 aliphatic heterocycles. The van der Waals surface area contributed by atoms with Gasteiger partial charge in [-0.2, -0.15) is 0 Å². The van der Waals surface area contributed by atoms with E-state index in [0.29, 0.717) is 13.0 Å². The predicted octanol–water partition coefficient (Wildman–Crippen LogP) is 2.40. The van der Waals surface area contributed by atoms with Crippen LogP contribution in [0.3, 0.4) is 0 Å². The Kier molecular flexibility index (Phi) is 4.86. The topological polar surface area (TPSA) is 108 Å². The molecule has 5 rings (SSSR count). The Balaban J connectivity index is 1.65. The van der Waals surface area contributed by atoms with Gasteiger partial charge in [-0.05, 0) is 31.2 Å². The number of ether oxygens (including phenoxy) is 4. The minimum atomic E-state index is -1.27. The second-order valence-electron chi connectivity index (χ2n) is 9.64. The highest BCUT2D eigenvalue weighted by atomic mass is 16.7. The van der Waals surface area contributed by atoms with Crippen molar-refractivity contribution >= 4 is 11.8 Å².